The van der Waals surface area contributed by atoms with Crippen molar-refractivity contribution in [2.45, 2.75) is 57.7 Å². The van der Waals surface area contributed by atoms with E-state index in [1.165, 1.54) is 17.3 Å². The van der Waals surface area contributed by atoms with Crippen LogP contribution in [0.15, 0.2) is 42.5 Å². The number of nitrogens with two attached hydrogens (primary N) is 1. The quantitative estimate of drug-likeness (QED) is 0.502. The fourth-order valence-corrected chi connectivity index (χ4v) is 5.21. The lowest BCUT2D eigenvalue weighted by Crippen LogP contribution is -2.48. The fourth-order valence-electron chi connectivity index (χ4n) is 5.21. The second-order valence-electron chi connectivity index (χ2n) is 11.5. The molecule has 2 saturated heterocycles. The average Bonchev–Trinajstić information content (AvgIpc) is 2.88. The zero-order valence-electron chi connectivity index (χ0n) is 22.7. The van der Waals surface area contributed by atoms with Gasteiger partial charge >= 0.3 is 6.18 Å². The SMILES string of the molecule is CC(C)(C)c1ccc(N2CCN(CCC(=O)N3CCC(Nc4ccc(N)c(C(F)(F)F)c4)CC3)CC2)cc1. The van der Waals surface area contributed by atoms with Gasteiger partial charge in [-0.05, 0) is 54.2 Å². The Labute approximate surface area is 224 Å². The number of carbonyl (C=O) groups excluding carboxylic acids is 1. The molecule has 0 bridgehead atoms. The number of rotatable bonds is 6. The Bertz CT molecular complexity index is 1080. The van der Waals surface area contributed by atoms with Gasteiger partial charge in [-0.3, -0.25) is 9.69 Å². The Morgan fingerprint density at radius 1 is 0.947 bits per heavy atom. The highest BCUT2D eigenvalue weighted by Gasteiger charge is 2.33. The molecule has 2 heterocycles. The summed E-state index contributed by atoms with van der Waals surface area (Å²) >= 11 is 0. The molecular formula is C29H40F3N5O. The maximum atomic E-state index is 13.1. The molecule has 9 heteroatoms. The standard InChI is InChI=1S/C29H40F3N5O/c1-28(2,3)21-4-7-24(8-5-21)36-18-16-35(17-19-36)13-12-27(38)37-14-10-22(11-15-37)34-23-6-9-26(33)25(20-23)29(30,31)32/h4-9,20,22,34H,10-19,33H2,1-3H3. The van der Waals surface area contributed by atoms with Crippen molar-refractivity contribution in [3.8, 4) is 0 Å². The molecule has 2 aromatic carbocycles. The van der Waals surface area contributed by atoms with Gasteiger partial charge in [-0.15, -0.1) is 0 Å². The first kappa shape index (κ1) is 28.1. The van der Waals surface area contributed by atoms with Crippen molar-refractivity contribution in [1.29, 1.82) is 0 Å². The van der Waals surface area contributed by atoms with Crippen LogP contribution in [0.3, 0.4) is 0 Å². The first-order valence-electron chi connectivity index (χ1n) is 13.5. The topological polar surface area (TPSA) is 64.8 Å². The highest BCUT2D eigenvalue weighted by molar-refractivity contribution is 5.76. The summed E-state index contributed by atoms with van der Waals surface area (Å²) in [5.74, 6) is 0.149. The molecule has 2 aliphatic heterocycles. The second-order valence-corrected chi connectivity index (χ2v) is 11.5. The van der Waals surface area contributed by atoms with Gasteiger partial charge in [0, 0.05) is 75.3 Å². The molecule has 0 radical (unpaired) electrons. The number of anilines is 3. The maximum Gasteiger partial charge on any atom is 0.418 e. The van der Waals surface area contributed by atoms with E-state index in [4.69, 9.17) is 5.73 Å². The van der Waals surface area contributed by atoms with Crippen LogP contribution in [-0.2, 0) is 16.4 Å². The fraction of sp³-hybridized carbons (Fsp3) is 0.552. The van der Waals surface area contributed by atoms with Crippen molar-refractivity contribution in [3.05, 3.63) is 53.6 Å². The normalized spacial score (nSPS) is 18.1. The number of hydrogen-bond acceptors (Lipinski definition) is 5. The van der Waals surface area contributed by atoms with Gasteiger partial charge in [-0.2, -0.15) is 13.2 Å². The number of nitrogens with zero attached hydrogens (tertiary/aromatic N) is 3. The van der Waals surface area contributed by atoms with Crippen LogP contribution in [-0.4, -0.2) is 67.6 Å². The number of carbonyl (C=O) groups is 1. The van der Waals surface area contributed by atoms with E-state index in [1.807, 2.05) is 4.90 Å². The third kappa shape index (κ3) is 7.12. The Balaban J connectivity index is 1.17. The molecule has 2 aliphatic rings. The predicted molar refractivity (Wildman–Crippen MR) is 147 cm³/mol. The van der Waals surface area contributed by atoms with Crippen molar-refractivity contribution in [1.82, 2.24) is 9.80 Å². The molecule has 0 unspecified atom stereocenters. The number of nitrogen functional groups attached to an aromatic ring is 1. The lowest BCUT2D eigenvalue weighted by Gasteiger charge is -2.37. The van der Waals surface area contributed by atoms with Crippen LogP contribution >= 0.6 is 0 Å². The van der Waals surface area contributed by atoms with Crippen LogP contribution < -0.4 is 16.0 Å². The lowest BCUT2D eigenvalue weighted by molar-refractivity contribution is -0.137. The van der Waals surface area contributed by atoms with E-state index in [2.05, 4.69) is 60.2 Å². The van der Waals surface area contributed by atoms with E-state index in [-0.39, 0.29) is 23.1 Å². The number of halogens is 3. The van der Waals surface area contributed by atoms with Crippen molar-refractivity contribution in [2.24, 2.45) is 0 Å². The number of benzene rings is 2. The monoisotopic (exact) mass is 531 g/mol. The van der Waals surface area contributed by atoms with Crippen molar-refractivity contribution in [2.75, 3.05) is 61.8 Å². The van der Waals surface area contributed by atoms with Gasteiger partial charge in [-0.1, -0.05) is 32.9 Å². The number of piperazine rings is 1. The highest BCUT2D eigenvalue weighted by Crippen LogP contribution is 2.35. The predicted octanol–water partition coefficient (Wildman–Crippen LogP) is 5.20. The summed E-state index contributed by atoms with van der Waals surface area (Å²) < 4.78 is 39.4. The van der Waals surface area contributed by atoms with Gasteiger partial charge < -0.3 is 20.9 Å². The molecule has 2 fully saturated rings. The van der Waals surface area contributed by atoms with E-state index in [0.29, 0.717) is 38.0 Å². The molecule has 0 spiro atoms. The molecule has 38 heavy (non-hydrogen) atoms. The van der Waals surface area contributed by atoms with E-state index >= 15 is 0 Å². The lowest BCUT2D eigenvalue weighted by atomic mass is 9.87. The molecule has 0 atom stereocenters. The molecule has 0 aliphatic carbocycles. The molecule has 0 saturated carbocycles. The minimum Gasteiger partial charge on any atom is -0.398 e. The van der Waals surface area contributed by atoms with Crippen LogP contribution in [0.25, 0.3) is 0 Å². The summed E-state index contributed by atoms with van der Waals surface area (Å²) in [4.78, 5) is 19.5. The van der Waals surface area contributed by atoms with Gasteiger partial charge in [0.1, 0.15) is 0 Å². The summed E-state index contributed by atoms with van der Waals surface area (Å²) in [5, 5.41) is 3.19. The Morgan fingerprint density at radius 2 is 1.58 bits per heavy atom. The molecule has 3 N–H and O–H groups in total. The number of likely N-dealkylation sites (tertiary alicyclic amines) is 1. The zero-order valence-corrected chi connectivity index (χ0v) is 22.7. The van der Waals surface area contributed by atoms with Gasteiger partial charge in [0.05, 0.1) is 5.56 Å². The van der Waals surface area contributed by atoms with Crippen LogP contribution in [0.1, 0.15) is 51.2 Å². The smallest absolute Gasteiger partial charge is 0.398 e. The van der Waals surface area contributed by atoms with E-state index < -0.39 is 11.7 Å². The van der Waals surface area contributed by atoms with E-state index in [0.717, 1.165) is 38.8 Å². The van der Waals surface area contributed by atoms with Crippen molar-refractivity contribution in [3.63, 3.8) is 0 Å². The van der Waals surface area contributed by atoms with Gasteiger partial charge in [-0.25, -0.2) is 0 Å². The zero-order chi connectivity index (χ0) is 27.5. The number of nitrogens with one attached hydrogen (secondary N) is 1. The molecule has 2 aromatic rings. The Hall–Kier alpha value is -2.94. The van der Waals surface area contributed by atoms with Crippen LogP contribution in [0.2, 0.25) is 0 Å². The Morgan fingerprint density at radius 3 is 2.16 bits per heavy atom. The minimum atomic E-state index is -4.48. The summed E-state index contributed by atoms with van der Waals surface area (Å²) in [5.41, 5.74) is 7.52. The van der Waals surface area contributed by atoms with Crippen molar-refractivity contribution >= 4 is 23.0 Å². The molecule has 1 amide bonds. The van der Waals surface area contributed by atoms with Crippen LogP contribution in [0.4, 0.5) is 30.2 Å². The molecule has 4 rings (SSSR count). The summed E-state index contributed by atoms with van der Waals surface area (Å²) in [7, 11) is 0. The summed E-state index contributed by atoms with van der Waals surface area (Å²) in [6, 6.07) is 12.8. The highest BCUT2D eigenvalue weighted by atomic mass is 19.4. The van der Waals surface area contributed by atoms with Crippen molar-refractivity contribution < 1.29 is 18.0 Å². The molecule has 0 aromatic heterocycles. The third-order valence-electron chi connectivity index (χ3n) is 7.69. The summed E-state index contributed by atoms with van der Waals surface area (Å²) in [6.07, 6.45) is -2.60. The molecule has 6 nitrogen and oxygen atoms in total. The first-order chi connectivity index (χ1) is 17.9. The number of hydrogen-bond donors (Lipinski definition) is 2. The van der Waals surface area contributed by atoms with E-state index in [1.54, 1.807) is 6.07 Å². The summed E-state index contributed by atoms with van der Waals surface area (Å²) in [6.45, 7) is 12.4. The maximum absolute atomic E-state index is 13.1. The third-order valence-corrected chi connectivity index (χ3v) is 7.69. The largest absolute Gasteiger partial charge is 0.418 e. The van der Waals surface area contributed by atoms with Gasteiger partial charge in [0.15, 0.2) is 0 Å². The van der Waals surface area contributed by atoms with Crippen LogP contribution in [0, 0.1) is 0 Å². The molecular weight excluding hydrogens is 491 g/mol. The van der Waals surface area contributed by atoms with Crippen LogP contribution in [0.5, 0.6) is 0 Å². The van der Waals surface area contributed by atoms with Gasteiger partial charge in [0.25, 0.3) is 0 Å². The average molecular weight is 532 g/mol. The first-order valence-corrected chi connectivity index (χ1v) is 13.5. The number of amides is 1. The Kier molecular flexibility index (Phi) is 8.45. The number of alkyl halides is 3. The second kappa shape index (κ2) is 11.4. The molecule has 208 valence electrons. The van der Waals surface area contributed by atoms with E-state index in [9.17, 15) is 18.0 Å². The minimum absolute atomic E-state index is 0.0225. The number of piperidine rings is 1. The van der Waals surface area contributed by atoms with Gasteiger partial charge in [0.2, 0.25) is 5.91 Å².